The van der Waals surface area contributed by atoms with Crippen molar-refractivity contribution in [3.05, 3.63) is 27.9 Å². The molecule has 0 saturated heterocycles. The van der Waals surface area contributed by atoms with E-state index >= 15 is 0 Å². The second-order valence-electron chi connectivity index (χ2n) is 3.02. The Morgan fingerprint density at radius 3 is 3.13 bits per heavy atom. The van der Waals surface area contributed by atoms with E-state index < -0.39 is 0 Å². The zero-order valence-electron chi connectivity index (χ0n) is 8.29. The average Bonchev–Trinajstić information content (AvgIpc) is 2.83. The summed E-state index contributed by atoms with van der Waals surface area (Å²) in [5, 5.41) is 5.21. The highest BCUT2D eigenvalue weighted by atomic mass is 79.9. The standard InChI is InChI=1S/C10H11BrN2OS/c1-2-12-5-7-6-14-10(13-7)9-8(11)3-4-15-9/h3-4,6,12H,2,5H2,1H3. The molecule has 80 valence electrons. The predicted molar refractivity (Wildman–Crippen MR) is 64.9 cm³/mol. The first-order valence-electron chi connectivity index (χ1n) is 4.69. The lowest BCUT2D eigenvalue weighted by Gasteiger charge is -1.94. The van der Waals surface area contributed by atoms with Crippen LogP contribution in [0.25, 0.3) is 10.8 Å². The zero-order valence-corrected chi connectivity index (χ0v) is 10.7. The highest BCUT2D eigenvalue weighted by Crippen LogP contribution is 2.32. The number of nitrogens with zero attached hydrogens (tertiary/aromatic N) is 1. The summed E-state index contributed by atoms with van der Waals surface area (Å²) in [5.41, 5.74) is 0.937. The van der Waals surface area contributed by atoms with E-state index in [1.54, 1.807) is 17.6 Å². The molecule has 0 fully saturated rings. The van der Waals surface area contributed by atoms with Crippen molar-refractivity contribution < 1.29 is 4.42 Å². The number of aromatic nitrogens is 1. The fourth-order valence-corrected chi connectivity index (χ4v) is 2.66. The Kier molecular flexibility index (Phi) is 3.56. The second kappa shape index (κ2) is 4.92. The summed E-state index contributed by atoms with van der Waals surface area (Å²) in [6.45, 7) is 3.75. The van der Waals surface area contributed by atoms with Crippen LogP contribution < -0.4 is 5.32 Å². The lowest BCUT2D eigenvalue weighted by atomic mass is 10.4. The molecule has 0 unspecified atom stereocenters. The van der Waals surface area contributed by atoms with Gasteiger partial charge in [-0.2, -0.15) is 0 Å². The van der Waals surface area contributed by atoms with Gasteiger partial charge in [0, 0.05) is 11.0 Å². The van der Waals surface area contributed by atoms with Crippen molar-refractivity contribution in [2.45, 2.75) is 13.5 Å². The highest BCUT2D eigenvalue weighted by molar-refractivity contribution is 9.10. The largest absolute Gasteiger partial charge is 0.443 e. The molecule has 0 atom stereocenters. The molecule has 0 aliphatic heterocycles. The molecule has 2 aromatic heterocycles. The van der Waals surface area contributed by atoms with Gasteiger partial charge in [0.1, 0.15) is 11.1 Å². The Bertz CT molecular complexity index is 438. The number of halogens is 1. The zero-order chi connectivity index (χ0) is 10.7. The van der Waals surface area contributed by atoms with E-state index in [-0.39, 0.29) is 0 Å². The molecule has 0 spiro atoms. The molecule has 0 aliphatic rings. The van der Waals surface area contributed by atoms with Crippen LogP contribution in [0.1, 0.15) is 12.6 Å². The molecule has 0 radical (unpaired) electrons. The highest BCUT2D eigenvalue weighted by Gasteiger charge is 2.10. The van der Waals surface area contributed by atoms with Crippen molar-refractivity contribution >= 4 is 27.3 Å². The number of nitrogens with one attached hydrogen (secondary N) is 1. The van der Waals surface area contributed by atoms with Crippen LogP contribution in [0.4, 0.5) is 0 Å². The van der Waals surface area contributed by atoms with Gasteiger partial charge in [-0.05, 0) is 33.9 Å². The number of hydrogen-bond donors (Lipinski definition) is 1. The first-order chi connectivity index (χ1) is 7.31. The minimum atomic E-state index is 0.685. The van der Waals surface area contributed by atoms with Crippen LogP contribution in [0.5, 0.6) is 0 Å². The monoisotopic (exact) mass is 286 g/mol. The summed E-state index contributed by atoms with van der Waals surface area (Å²) in [4.78, 5) is 5.44. The van der Waals surface area contributed by atoms with Gasteiger partial charge < -0.3 is 9.73 Å². The van der Waals surface area contributed by atoms with E-state index in [0.29, 0.717) is 5.89 Å². The molecule has 2 heterocycles. The van der Waals surface area contributed by atoms with Crippen molar-refractivity contribution in [2.24, 2.45) is 0 Å². The number of oxazole rings is 1. The summed E-state index contributed by atoms with van der Waals surface area (Å²) in [5.74, 6) is 0.685. The van der Waals surface area contributed by atoms with Crippen molar-refractivity contribution in [1.82, 2.24) is 10.3 Å². The van der Waals surface area contributed by atoms with Gasteiger partial charge >= 0.3 is 0 Å². The van der Waals surface area contributed by atoms with E-state index in [2.05, 4.69) is 33.2 Å². The van der Waals surface area contributed by atoms with Gasteiger partial charge in [0.15, 0.2) is 0 Å². The van der Waals surface area contributed by atoms with Crippen LogP contribution in [0.2, 0.25) is 0 Å². The molecule has 1 N–H and O–H groups in total. The topological polar surface area (TPSA) is 38.1 Å². The van der Waals surface area contributed by atoms with Crippen LogP contribution in [0, 0.1) is 0 Å². The minimum absolute atomic E-state index is 0.685. The Labute approximate surface area is 101 Å². The predicted octanol–water partition coefficient (Wildman–Crippen LogP) is 3.28. The van der Waals surface area contributed by atoms with E-state index in [4.69, 9.17) is 4.42 Å². The Hall–Kier alpha value is -0.650. The quantitative estimate of drug-likeness (QED) is 0.937. The van der Waals surface area contributed by atoms with Gasteiger partial charge in [0.05, 0.1) is 5.69 Å². The van der Waals surface area contributed by atoms with E-state index in [1.165, 1.54) is 0 Å². The van der Waals surface area contributed by atoms with Gasteiger partial charge in [-0.15, -0.1) is 11.3 Å². The van der Waals surface area contributed by atoms with Gasteiger partial charge in [-0.1, -0.05) is 6.92 Å². The molecule has 15 heavy (non-hydrogen) atoms. The molecule has 0 aromatic carbocycles. The Morgan fingerprint density at radius 2 is 2.47 bits per heavy atom. The SMILES string of the molecule is CCNCc1coc(-c2sccc2Br)n1. The molecule has 5 heteroatoms. The molecule has 2 rings (SSSR count). The van der Waals surface area contributed by atoms with E-state index in [1.807, 2.05) is 11.4 Å². The lowest BCUT2D eigenvalue weighted by molar-refractivity contribution is 0.572. The molecular weight excluding hydrogens is 276 g/mol. The van der Waals surface area contributed by atoms with Crippen LogP contribution in [0.15, 0.2) is 26.6 Å². The number of hydrogen-bond acceptors (Lipinski definition) is 4. The normalized spacial score (nSPS) is 10.8. The van der Waals surface area contributed by atoms with Crippen molar-refractivity contribution in [3.8, 4) is 10.8 Å². The molecule has 0 bridgehead atoms. The summed E-state index contributed by atoms with van der Waals surface area (Å²) in [6, 6.07) is 1.99. The first kappa shape index (κ1) is 10.9. The van der Waals surface area contributed by atoms with E-state index in [9.17, 15) is 0 Å². The lowest BCUT2D eigenvalue weighted by Crippen LogP contribution is -2.11. The third-order valence-corrected chi connectivity index (χ3v) is 3.74. The molecular formula is C10H11BrN2OS. The van der Waals surface area contributed by atoms with E-state index in [0.717, 1.165) is 28.1 Å². The smallest absolute Gasteiger partial charge is 0.237 e. The third kappa shape index (κ3) is 2.48. The Morgan fingerprint density at radius 1 is 1.60 bits per heavy atom. The molecule has 2 aromatic rings. The fraction of sp³-hybridized carbons (Fsp3) is 0.300. The summed E-state index contributed by atoms with van der Waals surface area (Å²) in [6.07, 6.45) is 1.70. The van der Waals surface area contributed by atoms with Crippen molar-refractivity contribution in [1.29, 1.82) is 0 Å². The molecule has 3 nitrogen and oxygen atoms in total. The third-order valence-electron chi connectivity index (χ3n) is 1.92. The molecule has 0 aliphatic carbocycles. The molecule has 0 saturated carbocycles. The summed E-state index contributed by atoms with van der Waals surface area (Å²) >= 11 is 5.08. The maximum absolute atomic E-state index is 5.42. The van der Waals surface area contributed by atoms with Crippen molar-refractivity contribution in [2.75, 3.05) is 6.54 Å². The van der Waals surface area contributed by atoms with Crippen LogP contribution >= 0.6 is 27.3 Å². The van der Waals surface area contributed by atoms with Gasteiger partial charge in [0.2, 0.25) is 5.89 Å². The van der Waals surface area contributed by atoms with Crippen molar-refractivity contribution in [3.63, 3.8) is 0 Å². The van der Waals surface area contributed by atoms with Crippen LogP contribution in [-0.2, 0) is 6.54 Å². The molecule has 0 amide bonds. The number of thiophene rings is 1. The van der Waals surface area contributed by atoms with Gasteiger partial charge in [-0.3, -0.25) is 0 Å². The second-order valence-corrected chi connectivity index (χ2v) is 4.79. The van der Waals surface area contributed by atoms with Gasteiger partial charge in [0.25, 0.3) is 0 Å². The summed E-state index contributed by atoms with van der Waals surface area (Å²) < 4.78 is 6.45. The fourth-order valence-electron chi connectivity index (χ4n) is 1.19. The maximum Gasteiger partial charge on any atom is 0.237 e. The minimum Gasteiger partial charge on any atom is -0.443 e. The Balaban J connectivity index is 2.17. The summed E-state index contributed by atoms with van der Waals surface area (Å²) in [7, 11) is 0. The maximum atomic E-state index is 5.42. The average molecular weight is 287 g/mol. The first-order valence-corrected chi connectivity index (χ1v) is 6.37. The van der Waals surface area contributed by atoms with Crippen LogP contribution in [-0.4, -0.2) is 11.5 Å². The van der Waals surface area contributed by atoms with Gasteiger partial charge in [-0.25, -0.2) is 4.98 Å². The number of rotatable bonds is 4. The van der Waals surface area contributed by atoms with Crippen LogP contribution in [0.3, 0.4) is 0 Å².